The van der Waals surface area contributed by atoms with Crippen molar-refractivity contribution in [1.82, 2.24) is 15.0 Å². The number of ether oxygens (including phenoxy) is 1. The predicted molar refractivity (Wildman–Crippen MR) is 71.2 cm³/mol. The summed E-state index contributed by atoms with van der Waals surface area (Å²) in [5, 5.41) is 0.185. The van der Waals surface area contributed by atoms with Crippen LogP contribution in [0.3, 0.4) is 0 Å². The van der Waals surface area contributed by atoms with Crippen molar-refractivity contribution < 1.29 is 4.74 Å². The highest BCUT2D eigenvalue weighted by Crippen LogP contribution is 2.30. The summed E-state index contributed by atoms with van der Waals surface area (Å²) in [7, 11) is 0. The Hall–Kier alpha value is -1.10. The van der Waals surface area contributed by atoms with Crippen LogP contribution in [0.2, 0.25) is 5.28 Å². The molecule has 0 aliphatic heterocycles. The fraction of sp³-hybridized carbons (Fsp3) is 0.750. The van der Waals surface area contributed by atoms with Gasteiger partial charge in [0, 0.05) is 13.1 Å². The second-order valence-electron chi connectivity index (χ2n) is 4.84. The average Bonchev–Trinajstić information content (AvgIpc) is 3.07. The summed E-state index contributed by atoms with van der Waals surface area (Å²) in [6, 6.07) is 0.300. The third-order valence-electron chi connectivity index (χ3n) is 2.76. The van der Waals surface area contributed by atoms with Crippen molar-refractivity contribution in [1.29, 1.82) is 0 Å². The third-order valence-corrected chi connectivity index (χ3v) is 2.93. The van der Waals surface area contributed by atoms with E-state index >= 15 is 0 Å². The van der Waals surface area contributed by atoms with E-state index in [9.17, 15) is 0 Å². The van der Waals surface area contributed by atoms with Gasteiger partial charge in [0.2, 0.25) is 11.2 Å². The lowest BCUT2D eigenvalue weighted by Crippen LogP contribution is -2.27. The summed E-state index contributed by atoms with van der Waals surface area (Å²) in [5.74, 6) is 1.38. The summed E-state index contributed by atoms with van der Waals surface area (Å²) in [6.07, 6.45) is 2.62. The maximum absolute atomic E-state index is 5.92. The number of hydrogen-bond donors (Lipinski definition) is 0. The van der Waals surface area contributed by atoms with Crippen molar-refractivity contribution in [2.75, 3.05) is 18.0 Å². The van der Waals surface area contributed by atoms with Crippen LogP contribution in [-0.2, 0) is 0 Å². The second kappa shape index (κ2) is 5.69. The zero-order valence-corrected chi connectivity index (χ0v) is 11.8. The Kier molecular flexibility index (Phi) is 4.22. The first-order valence-corrected chi connectivity index (χ1v) is 6.79. The highest BCUT2D eigenvalue weighted by atomic mass is 35.5. The van der Waals surface area contributed by atoms with Gasteiger partial charge in [-0.2, -0.15) is 15.0 Å². The molecule has 1 aliphatic carbocycles. The lowest BCUT2D eigenvalue weighted by atomic mass is 10.4. The standard InChI is InChI=1S/C12H19ClN4O/c1-4-17(7-9-5-6-9)11-14-10(13)15-12(16-11)18-8(2)3/h8-9H,4-7H2,1-3H3. The van der Waals surface area contributed by atoms with Crippen LogP contribution in [0.15, 0.2) is 0 Å². The maximum atomic E-state index is 5.92. The number of nitrogens with zero attached hydrogens (tertiary/aromatic N) is 4. The highest BCUT2D eigenvalue weighted by molar-refractivity contribution is 6.28. The van der Waals surface area contributed by atoms with Crippen LogP contribution < -0.4 is 9.64 Å². The molecule has 0 saturated heterocycles. The van der Waals surface area contributed by atoms with E-state index in [1.807, 2.05) is 13.8 Å². The molecule has 1 heterocycles. The lowest BCUT2D eigenvalue weighted by Gasteiger charge is -2.21. The van der Waals surface area contributed by atoms with Gasteiger partial charge >= 0.3 is 6.01 Å². The summed E-state index contributed by atoms with van der Waals surface area (Å²) in [6.45, 7) is 7.79. The molecule has 18 heavy (non-hydrogen) atoms. The van der Waals surface area contributed by atoms with E-state index in [2.05, 4.69) is 26.8 Å². The van der Waals surface area contributed by atoms with E-state index in [1.54, 1.807) is 0 Å². The number of rotatable bonds is 6. The molecule has 6 heteroatoms. The average molecular weight is 271 g/mol. The van der Waals surface area contributed by atoms with Gasteiger partial charge in [-0.3, -0.25) is 0 Å². The lowest BCUT2D eigenvalue weighted by molar-refractivity contribution is 0.221. The molecule has 1 aliphatic rings. The molecule has 0 bridgehead atoms. The smallest absolute Gasteiger partial charge is 0.322 e. The molecular formula is C12H19ClN4O. The third kappa shape index (κ3) is 3.70. The molecule has 0 unspecified atom stereocenters. The van der Waals surface area contributed by atoms with Crippen LogP contribution in [0, 0.1) is 5.92 Å². The van der Waals surface area contributed by atoms with Crippen LogP contribution in [0.1, 0.15) is 33.6 Å². The van der Waals surface area contributed by atoms with Crippen molar-refractivity contribution in [3.63, 3.8) is 0 Å². The normalized spacial score (nSPS) is 14.9. The van der Waals surface area contributed by atoms with E-state index in [1.165, 1.54) is 12.8 Å². The van der Waals surface area contributed by atoms with Crippen molar-refractivity contribution in [3.05, 3.63) is 5.28 Å². The van der Waals surface area contributed by atoms with Gasteiger partial charge < -0.3 is 9.64 Å². The van der Waals surface area contributed by atoms with Gasteiger partial charge in [0.25, 0.3) is 0 Å². The number of hydrogen-bond acceptors (Lipinski definition) is 5. The van der Waals surface area contributed by atoms with Crippen molar-refractivity contribution in [2.45, 2.75) is 39.7 Å². The maximum Gasteiger partial charge on any atom is 0.322 e. The van der Waals surface area contributed by atoms with E-state index in [-0.39, 0.29) is 11.4 Å². The Labute approximate surface area is 113 Å². The van der Waals surface area contributed by atoms with Crippen LogP contribution in [0.5, 0.6) is 6.01 Å². The minimum Gasteiger partial charge on any atom is -0.461 e. The zero-order valence-electron chi connectivity index (χ0n) is 11.1. The first-order valence-electron chi connectivity index (χ1n) is 6.41. The number of halogens is 1. The predicted octanol–water partition coefficient (Wildman–Crippen LogP) is 2.55. The van der Waals surface area contributed by atoms with Crippen LogP contribution in [0.4, 0.5) is 5.95 Å². The molecule has 1 fully saturated rings. The molecule has 0 atom stereocenters. The summed E-state index contributed by atoms with van der Waals surface area (Å²) in [4.78, 5) is 14.6. The quantitative estimate of drug-likeness (QED) is 0.795. The topological polar surface area (TPSA) is 51.1 Å². The summed E-state index contributed by atoms with van der Waals surface area (Å²) >= 11 is 5.92. The molecule has 0 radical (unpaired) electrons. The molecular weight excluding hydrogens is 252 g/mol. The minimum atomic E-state index is 0.0230. The molecule has 2 rings (SSSR count). The Morgan fingerprint density at radius 2 is 2.06 bits per heavy atom. The molecule has 0 amide bonds. The fourth-order valence-electron chi connectivity index (χ4n) is 1.69. The molecule has 5 nitrogen and oxygen atoms in total. The molecule has 1 saturated carbocycles. The Balaban J connectivity index is 2.16. The Morgan fingerprint density at radius 1 is 1.33 bits per heavy atom. The number of aromatic nitrogens is 3. The fourth-order valence-corrected chi connectivity index (χ4v) is 1.84. The van der Waals surface area contributed by atoms with Crippen molar-refractivity contribution in [2.24, 2.45) is 5.92 Å². The SMILES string of the molecule is CCN(CC1CC1)c1nc(Cl)nc(OC(C)C)n1. The Bertz CT molecular complexity index is 409. The van der Waals surface area contributed by atoms with Crippen LogP contribution in [-0.4, -0.2) is 34.1 Å². The Morgan fingerprint density at radius 3 is 2.61 bits per heavy atom. The summed E-state index contributed by atoms with van der Waals surface area (Å²) < 4.78 is 5.48. The first kappa shape index (κ1) is 13.3. The van der Waals surface area contributed by atoms with Gasteiger partial charge in [0.15, 0.2) is 0 Å². The molecule has 100 valence electrons. The van der Waals surface area contributed by atoms with E-state index in [4.69, 9.17) is 16.3 Å². The van der Waals surface area contributed by atoms with Gasteiger partial charge in [0.1, 0.15) is 0 Å². The monoisotopic (exact) mass is 270 g/mol. The number of anilines is 1. The minimum absolute atomic E-state index is 0.0230. The van der Waals surface area contributed by atoms with E-state index < -0.39 is 0 Å². The largest absolute Gasteiger partial charge is 0.461 e. The zero-order chi connectivity index (χ0) is 13.1. The van der Waals surface area contributed by atoms with Gasteiger partial charge in [0.05, 0.1) is 6.10 Å². The molecule has 0 aromatic carbocycles. The van der Waals surface area contributed by atoms with Gasteiger partial charge in [-0.15, -0.1) is 0 Å². The molecule has 1 aromatic heterocycles. The van der Waals surface area contributed by atoms with Crippen LogP contribution in [0.25, 0.3) is 0 Å². The molecule has 0 spiro atoms. The summed E-state index contributed by atoms with van der Waals surface area (Å²) in [5.41, 5.74) is 0. The van der Waals surface area contributed by atoms with Crippen molar-refractivity contribution in [3.8, 4) is 6.01 Å². The van der Waals surface area contributed by atoms with E-state index in [0.29, 0.717) is 12.0 Å². The second-order valence-corrected chi connectivity index (χ2v) is 5.17. The van der Waals surface area contributed by atoms with Crippen molar-refractivity contribution >= 4 is 17.5 Å². The van der Waals surface area contributed by atoms with Gasteiger partial charge in [-0.1, -0.05) is 0 Å². The molecule has 0 N–H and O–H groups in total. The highest BCUT2D eigenvalue weighted by Gasteiger charge is 2.25. The van der Waals surface area contributed by atoms with Gasteiger partial charge in [-0.25, -0.2) is 0 Å². The molecule has 1 aromatic rings. The first-order chi connectivity index (χ1) is 8.58. The van der Waals surface area contributed by atoms with Crippen LogP contribution >= 0.6 is 11.6 Å². The van der Waals surface area contributed by atoms with E-state index in [0.717, 1.165) is 19.0 Å². The van der Waals surface area contributed by atoms with Gasteiger partial charge in [-0.05, 0) is 51.1 Å².